The molecule has 21 rings (SSSR count). The van der Waals surface area contributed by atoms with Gasteiger partial charge in [0, 0.05) is 94.4 Å². The molecule has 0 saturated carbocycles. The number of para-hydroxylation sites is 3. The van der Waals surface area contributed by atoms with Crippen LogP contribution in [0.25, 0.3) is 138 Å². The van der Waals surface area contributed by atoms with Crippen molar-refractivity contribution in [3.63, 3.8) is 0 Å². The van der Waals surface area contributed by atoms with Crippen LogP contribution in [-0.4, -0.2) is 20.4 Å². The van der Waals surface area contributed by atoms with Crippen molar-refractivity contribution in [2.75, 3.05) is 9.80 Å². The highest BCUT2D eigenvalue weighted by Gasteiger charge is 2.47. The zero-order valence-electron chi connectivity index (χ0n) is 76.1. The van der Waals surface area contributed by atoms with E-state index in [9.17, 15) is 0 Å². The fourth-order valence-electron chi connectivity index (χ4n) is 20.3. The van der Waals surface area contributed by atoms with Crippen molar-refractivity contribution in [1.82, 2.24) is 13.7 Å². The zero-order valence-corrected chi connectivity index (χ0v) is 76.1. The van der Waals surface area contributed by atoms with Gasteiger partial charge in [0.05, 0.1) is 44.5 Å². The van der Waals surface area contributed by atoms with Crippen molar-refractivity contribution in [3.8, 4) is 72.7 Å². The first-order valence-corrected chi connectivity index (χ1v) is 45.2. The molecule has 2 aliphatic heterocycles. The third-order valence-corrected chi connectivity index (χ3v) is 27.3. The van der Waals surface area contributed by atoms with Crippen LogP contribution in [0, 0.1) is 0 Å². The summed E-state index contributed by atoms with van der Waals surface area (Å²) in [4.78, 5) is 5.55. The Morgan fingerprint density at radius 1 is 0.190 bits per heavy atom. The minimum atomic E-state index is -0.326. The van der Waals surface area contributed by atoms with Crippen molar-refractivity contribution in [3.05, 3.63) is 373 Å². The standard InChI is InChI=1S/C120H110BN5/c1-115(2,3)81-51-58-105-97(66-81)98-67-82(116(4,5)6)52-59-106(98)124(105)89-54-57-101-109(74-89)126(114-95(77-41-27-21-28-42-77)70-86(120(16,17)18)71-96(114)78-43-29-22-30-44-78)111-64-80(79-61-83(117(7,8)9)65-84(62-79)118(10,11)12)63-110-112(111)121(101)100-56-53-88(73-108(100)125(110)113-93(75-37-23-19-24-38-75)68-85(119(13,14)15)69-94(113)76-39-25-20-26-40-76)123-104-50-36-33-47-92(104)99-72-87(55-60-107(99)123)122-102-48-34-31-45-90(102)91-46-32-35-49-103(91)122/h19-74H,1-18H3. The lowest BCUT2D eigenvalue weighted by Crippen LogP contribution is -2.61. The number of nitrogens with zero attached hydrogens (tertiary/aromatic N) is 5. The normalized spacial score (nSPS) is 13.3. The molecule has 5 heterocycles. The van der Waals surface area contributed by atoms with Gasteiger partial charge in [-0.2, -0.15) is 0 Å². The Kier molecular flexibility index (Phi) is 18.4. The van der Waals surface area contributed by atoms with Crippen LogP contribution >= 0.6 is 0 Å². The van der Waals surface area contributed by atoms with Crippen LogP contribution in [0.15, 0.2) is 340 Å². The summed E-state index contributed by atoms with van der Waals surface area (Å²) in [6.07, 6.45) is 0. The lowest BCUT2D eigenvalue weighted by Gasteiger charge is -2.46. The predicted octanol–water partition coefficient (Wildman–Crippen LogP) is 31.2. The summed E-state index contributed by atoms with van der Waals surface area (Å²) in [7, 11) is 0. The first-order chi connectivity index (χ1) is 60.3. The van der Waals surface area contributed by atoms with Gasteiger partial charge in [0.2, 0.25) is 0 Å². The molecule has 0 N–H and O–H groups in total. The maximum absolute atomic E-state index is 2.78. The summed E-state index contributed by atoms with van der Waals surface area (Å²) in [5.41, 5.74) is 38.8. The van der Waals surface area contributed by atoms with Crippen molar-refractivity contribution in [2.24, 2.45) is 0 Å². The summed E-state index contributed by atoms with van der Waals surface area (Å²) in [5, 5.41) is 7.37. The molecule has 0 atom stereocenters. The summed E-state index contributed by atoms with van der Waals surface area (Å²) >= 11 is 0. The van der Waals surface area contributed by atoms with Crippen LogP contribution in [0.5, 0.6) is 0 Å². The Morgan fingerprint density at radius 2 is 0.460 bits per heavy atom. The second-order valence-corrected chi connectivity index (χ2v) is 41.8. The van der Waals surface area contributed by atoms with E-state index in [2.05, 4.69) is 488 Å². The molecule has 0 amide bonds. The van der Waals surface area contributed by atoms with Gasteiger partial charge in [-0.3, -0.25) is 0 Å². The lowest BCUT2D eigenvalue weighted by atomic mass is 9.33. The number of hydrogen-bond acceptors (Lipinski definition) is 2. The van der Waals surface area contributed by atoms with Crippen LogP contribution in [0.1, 0.15) is 158 Å². The Labute approximate surface area is 744 Å². The summed E-state index contributed by atoms with van der Waals surface area (Å²) < 4.78 is 7.60. The third kappa shape index (κ3) is 13.3. The van der Waals surface area contributed by atoms with Crippen molar-refractivity contribution in [1.29, 1.82) is 0 Å². The first-order valence-electron chi connectivity index (χ1n) is 45.2. The van der Waals surface area contributed by atoms with E-state index < -0.39 is 0 Å². The van der Waals surface area contributed by atoms with Gasteiger partial charge >= 0.3 is 0 Å². The molecule has 126 heavy (non-hydrogen) atoms. The van der Waals surface area contributed by atoms with Gasteiger partial charge in [0.15, 0.2) is 0 Å². The SMILES string of the molecule is CC(C)(C)c1cc(-c2cc3c4c(c2)N(c2c(-c5ccccc5)cc(C(C)(C)C)cc2-c2ccccc2)c2cc(-n5c6ccc(C(C)(C)C)cc6c6cc(C(C)(C)C)ccc65)ccc2B4c2ccc(-n4c5ccccc5c5cc(-n6c7ccccc7c7ccccc76)ccc54)cc2N3c2c(-c3ccccc3)cc(C(C)(C)C)cc2-c2ccccc2)cc(C(C)(C)C)c1. The molecular weight excluding hydrogens is 1520 g/mol. The molecule has 5 nitrogen and oxygen atoms in total. The van der Waals surface area contributed by atoms with Gasteiger partial charge < -0.3 is 23.5 Å². The molecule has 0 spiro atoms. The average Bonchev–Trinajstić information content (AvgIpc) is 0.801. The first kappa shape index (κ1) is 79.7. The highest BCUT2D eigenvalue weighted by atomic mass is 15.2. The highest BCUT2D eigenvalue weighted by Crippen LogP contribution is 2.57. The van der Waals surface area contributed by atoms with E-state index >= 15 is 0 Å². The van der Waals surface area contributed by atoms with Gasteiger partial charge in [0.25, 0.3) is 6.71 Å². The molecule has 6 heteroatoms. The Morgan fingerprint density at radius 3 is 0.802 bits per heavy atom. The van der Waals surface area contributed by atoms with Gasteiger partial charge in [-0.25, -0.2) is 0 Å². The van der Waals surface area contributed by atoms with Gasteiger partial charge in [-0.05, 0) is 237 Å². The Balaban J connectivity index is 0.951. The molecule has 16 aromatic carbocycles. The molecule has 0 bridgehead atoms. The number of aromatic nitrogens is 3. The number of hydrogen-bond donors (Lipinski definition) is 0. The monoisotopic (exact) mass is 1630 g/mol. The molecule has 0 fully saturated rings. The predicted molar refractivity (Wildman–Crippen MR) is 543 cm³/mol. The van der Waals surface area contributed by atoms with Crippen LogP contribution < -0.4 is 26.2 Å². The molecule has 3 aromatic heterocycles. The number of rotatable bonds is 10. The van der Waals surface area contributed by atoms with E-state index in [-0.39, 0.29) is 39.2 Å². The third-order valence-electron chi connectivity index (χ3n) is 27.3. The van der Waals surface area contributed by atoms with E-state index in [0.717, 1.165) is 112 Å². The quantitative estimate of drug-likeness (QED) is 0.127. The summed E-state index contributed by atoms with van der Waals surface area (Å²) in [5.74, 6) is 0. The molecule has 0 unspecified atom stereocenters. The van der Waals surface area contributed by atoms with E-state index in [4.69, 9.17) is 0 Å². The molecule has 618 valence electrons. The van der Waals surface area contributed by atoms with Crippen LogP contribution in [0.2, 0.25) is 0 Å². The fraction of sp³-hybridized carbons (Fsp3) is 0.200. The number of anilines is 6. The van der Waals surface area contributed by atoms with E-state index in [1.54, 1.807) is 0 Å². The molecule has 0 aliphatic carbocycles. The van der Waals surface area contributed by atoms with Gasteiger partial charge in [-0.1, -0.05) is 343 Å². The molecule has 2 aliphatic rings. The van der Waals surface area contributed by atoms with Crippen molar-refractivity contribution < 1.29 is 0 Å². The second-order valence-electron chi connectivity index (χ2n) is 41.8. The lowest BCUT2D eigenvalue weighted by molar-refractivity contribution is 0.569. The fourth-order valence-corrected chi connectivity index (χ4v) is 20.3. The van der Waals surface area contributed by atoms with Crippen LogP contribution in [-0.2, 0) is 32.5 Å². The second kappa shape index (κ2) is 29.1. The largest absolute Gasteiger partial charge is 0.310 e. The maximum Gasteiger partial charge on any atom is 0.252 e. The van der Waals surface area contributed by atoms with Crippen LogP contribution in [0.4, 0.5) is 34.1 Å². The van der Waals surface area contributed by atoms with Gasteiger partial charge in [0.1, 0.15) is 0 Å². The number of benzene rings is 16. The molecule has 19 aromatic rings. The zero-order chi connectivity index (χ0) is 87.2. The van der Waals surface area contributed by atoms with Crippen molar-refractivity contribution >= 4 is 123 Å². The average molecular weight is 1630 g/mol. The van der Waals surface area contributed by atoms with E-state index in [1.165, 1.54) is 110 Å². The highest BCUT2D eigenvalue weighted by molar-refractivity contribution is 7.00. The Bertz CT molecular complexity index is 7320. The van der Waals surface area contributed by atoms with Crippen LogP contribution in [0.3, 0.4) is 0 Å². The minimum Gasteiger partial charge on any atom is -0.310 e. The maximum atomic E-state index is 2.78. The smallest absolute Gasteiger partial charge is 0.252 e. The molecule has 0 saturated heterocycles. The van der Waals surface area contributed by atoms with E-state index in [0.29, 0.717) is 0 Å². The molecular formula is C120H110BN5. The summed E-state index contributed by atoms with van der Waals surface area (Å²) in [6.45, 7) is 42.3. The van der Waals surface area contributed by atoms with Crippen molar-refractivity contribution in [2.45, 2.75) is 157 Å². The topological polar surface area (TPSA) is 21.3 Å². The minimum absolute atomic E-state index is 0.0863. The summed E-state index contributed by atoms with van der Waals surface area (Å²) in [6, 6.07) is 132. The number of fused-ring (bicyclic) bond motifs is 13. The van der Waals surface area contributed by atoms with Gasteiger partial charge in [-0.15, -0.1) is 0 Å². The molecule has 0 radical (unpaired) electrons. The Hall–Kier alpha value is -13.4. The van der Waals surface area contributed by atoms with E-state index in [1.807, 2.05) is 0 Å².